The summed E-state index contributed by atoms with van der Waals surface area (Å²) >= 11 is 0. The van der Waals surface area contributed by atoms with E-state index in [1.807, 2.05) is 12.2 Å². The van der Waals surface area contributed by atoms with Crippen LogP contribution >= 0.6 is 0 Å². The van der Waals surface area contributed by atoms with Crippen molar-refractivity contribution in [2.24, 2.45) is 5.92 Å². The number of carbonyl (C=O) groups excluding carboxylic acids is 3. The molecular formula is C48H84O6. The van der Waals surface area contributed by atoms with Gasteiger partial charge in [0.2, 0.25) is 0 Å². The molecule has 0 radical (unpaired) electrons. The van der Waals surface area contributed by atoms with Crippen molar-refractivity contribution in [2.45, 2.75) is 219 Å². The fourth-order valence-corrected chi connectivity index (χ4v) is 6.25. The number of ether oxygens (including phenoxy) is 2. The van der Waals surface area contributed by atoms with Gasteiger partial charge in [-0.05, 0) is 50.5 Å². The standard InChI is InChI=1S/C48H84O6/c1-4-6-7-8-9-10-11-18-22-25-28-31-34-38-45(49)39-36-41-48(52)54-43-46(50)42-53-47(51)40-35-32-29-26-23-20-17-15-13-12-14-16-19-21-24-27-30-33-37-44(3)5-2/h9-10,18,22,28,31,34,38,44,46,50H,4-8,11-17,19-21,23-27,29-30,32-33,35-37,39-43H2,1-3H3/b10-9-,22-18-,31-28-,38-34+/t44?,46-/m0/s1. The molecule has 0 spiro atoms. The zero-order chi connectivity index (χ0) is 39.6. The van der Waals surface area contributed by atoms with Crippen LogP contribution in [0, 0.1) is 5.92 Å². The summed E-state index contributed by atoms with van der Waals surface area (Å²) in [7, 11) is 0. The minimum atomic E-state index is -1.06. The molecule has 0 saturated heterocycles. The molecule has 0 aliphatic rings. The Kier molecular flexibility index (Phi) is 39.8. The van der Waals surface area contributed by atoms with Crippen molar-refractivity contribution in [3.05, 3.63) is 48.6 Å². The number of allylic oxidation sites excluding steroid dienone is 8. The molecule has 0 aliphatic carbocycles. The van der Waals surface area contributed by atoms with Crippen LogP contribution in [0.2, 0.25) is 0 Å². The van der Waals surface area contributed by atoms with Gasteiger partial charge < -0.3 is 14.6 Å². The summed E-state index contributed by atoms with van der Waals surface area (Å²) in [6.45, 7) is 6.47. The Bertz CT molecular complexity index is 980. The lowest BCUT2D eigenvalue weighted by atomic mass is 9.99. The summed E-state index contributed by atoms with van der Waals surface area (Å²) in [6.07, 6.45) is 48.9. The van der Waals surface area contributed by atoms with Gasteiger partial charge in [-0.1, -0.05) is 198 Å². The van der Waals surface area contributed by atoms with Gasteiger partial charge in [-0.2, -0.15) is 0 Å². The molecule has 0 aromatic rings. The van der Waals surface area contributed by atoms with Crippen LogP contribution in [0.1, 0.15) is 213 Å². The first-order valence-electron chi connectivity index (χ1n) is 22.5. The number of unbranched alkanes of at least 4 members (excludes halogenated alkanes) is 20. The Balaban J connectivity index is 3.55. The molecular weight excluding hydrogens is 673 g/mol. The van der Waals surface area contributed by atoms with Crippen LogP contribution in [0.4, 0.5) is 0 Å². The SMILES string of the molecule is CCCCC/C=C\C/C=C\C/C=C\C=C\C(=O)CCCC(=O)OC[C@@H](O)COC(=O)CCCCCCCCCCCCCCCCCCCCC(C)CC. The van der Waals surface area contributed by atoms with Gasteiger partial charge in [-0.15, -0.1) is 0 Å². The number of carbonyl (C=O) groups is 3. The van der Waals surface area contributed by atoms with Crippen LogP contribution in [-0.2, 0) is 23.9 Å². The van der Waals surface area contributed by atoms with Crippen molar-refractivity contribution in [3.63, 3.8) is 0 Å². The number of hydrogen-bond donors (Lipinski definition) is 1. The lowest BCUT2D eigenvalue weighted by Crippen LogP contribution is -2.25. The second kappa shape index (κ2) is 41.7. The molecule has 0 amide bonds. The molecule has 0 aromatic carbocycles. The molecule has 312 valence electrons. The molecule has 0 fully saturated rings. The monoisotopic (exact) mass is 757 g/mol. The van der Waals surface area contributed by atoms with Crippen molar-refractivity contribution < 1.29 is 29.0 Å². The smallest absolute Gasteiger partial charge is 0.305 e. The van der Waals surface area contributed by atoms with Crippen LogP contribution in [0.15, 0.2) is 48.6 Å². The van der Waals surface area contributed by atoms with Gasteiger partial charge in [0.25, 0.3) is 0 Å². The molecule has 2 atom stereocenters. The molecule has 1 unspecified atom stereocenters. The first-order valence-corrected chi connectivity index (χ1v) is 22.5. The number of hydrogen-bond acceptors (Lipinski definition) is 6. The third kappa shape index (κ3) is 40.7. The summed E-state index contributed by atoms with van der Waals surface area (Å²) in [5.74, 6) is 0.0546. The summed E-state index contributed by atoms with van der Waals surface area (Å²) in [4.78, 5) is 36.0. The van der Waals surface area contributed by atoms with Crippen molar-refractivity contribution in [1.82, 2.24) is 0 Å². The average Bonchev–Trinajstić information content (AvgIpc) is 3.17. The third-order valence-corrected chi connectivity index (χ3v) is 10.1. The molecule has 0 rings (SSSR count). The highest BCUT2D eigenvalue weighted by atomic mass is 16.6. The lowest BCUT2D eigenvalue weighted by molar-refractivity contribution is -0.152. The molecule has 0 aromatic heterocycles. The maximum absolute atomic E-state index is 12.0. The first kappa shape index (κ1) is 51.5. The van der Waals surface area contributed by atoms with E-state index < -0.39 is 12.1 Å². The predicted octanol–water partition coefficient (Wildman–Crippen LogP) is 13.6. The van der Waals surface area contributed by atoms with E-state index in [9.17, 15) is 19.5 Å². The molecule has 0 heterocycles. The Hall–Kier alpha value is -2.47. The fraction of sp³-hybridized carbons (Fsp3) is 0.771. The molecule has 0 bridgehead atoms. The molecule has 6 heteroatoms. The van der Waals surface area contributed by atoms with Crippen LogP contribution in [0.3, 0.4) is 0 Å². The zero-order valence-electron chi connectivity index (χ0n) is 35.4. The van der Waals surface area contributed by atoms with E-state index in [4.69, 9.17) is 9.47 Å². The third-order valence-electron chi connectivity index (χ3n) is 10.1. The van der Waals surface area contributed by atoms with E-state index in [-0.39, 0.29) is 37.8 Å². The van der Waals surface area contributed by atoms with E-state index in [1.165, 1.54) is 134 Å². The highest BCUT2D eigenvalue weighted by Crippen LogP contribution is 2.17. The van der Waals surface area contributed by atoms with Crippen molar-refractivity contribution in [3.8, 4) is 0 Å². The number of esters is 2. The second-order valence-corrected chi connectivity index (χ2v) is 15.5. The van der Waals surface area contributed by atoms with E-state index >= 15 is 0 Å². The highest BCUT2D eigenvalue weighted by Gasteiger charge is 2.12. The van der Waals surface area contributed by atoms with Crippen LogP contribution in [-0.4, -0.2) is 42.1 Å². The molecule has 6 nitrogen and oxygen atoms in total. The molecule has 1 N–H and O–H groups in total. The van der Waals surface area contributed by atoms with Gasteiger partial charge in [0.1, 0.15) is 19.3 Å². The van der Waals surface area contributed by atoms with Gasteiger partial charge in [-0.3, -0.25) is 14.4 Å². The number of rotatable bonds is 40. The normalized spacial score (nSPS) is 13.1. The van der Waals surface area contributed by atoms with Gasteiger partial charge >= 0.3 is 11.9 Å². The van der Waals surface area contributed by atoms with Gasteiger partial charge in [0.15, 0.2) is 5.78 Å². The topological polar surface area (TPSA) is 89.9 Å². The number of ketones is 1. The Morgan fingerprint density at radius 1 is 0.519 bits per heavy atom. The lowest BCUT2D eigenvalue weighted by Gasteiger charge is -2.12. The fourth-order valence-electron chi connectivity index (χ4n) is 6.25. The maximum Gasteiger partial charge on any atom is 0.305 e. The summed E-state index contributed by atoms with van der Waals surface area (Å²) in [6, 6.07) is 0. The summed E-state index contributed by atoms with van der Waals surface area (Å²) < 4.78 is 10.2. The van der Waals surface area contributed by atoms with Gasteiger partial charge in [0.05, 0.1) is 0 Å². The Labute approximate surface area is 333 Å². The minimum Gasteiger partial charge on any atom is -0.463 e. The minimum absolute atomic E-state index is 0.0478. The van der Waals surface area contributed by atoms with E-state index in [1.54, 1.807) is 6.08 Å². The van der Waals surface area contributed by atoms with Crippen LogP contribution in [0.5, 0.6) is 0 Å². The maximum atomic E-state index is 12.0. The molecule has 54 heavy (non-hydrogen) atoms. The van der Waals surface area contributed by atoms with Crippen LogP contribution < -0.4 is 0 Å². The zero-order valence-corrected chi connectivity index (χ0v) is 35.4. The van der Waals surface area contributed by atoms with Crippen molar-refractivity contribution in [1.29, 1.82) is 0 Å². The number of aliphatic hydroxyl groups is 1. The molecule has 0 aliphatic heterocycles. The first-order chi connectivity index (χ1) is 26.4. The second-order valence-electron chi connectivity index (χ2n) is 15.5. The van der Waals surface area contributed by atoms with Crippen molar-refractivity contribution >= 4 is 17.7 Å². The highest BCUT2D eigenvalue weighted by molar-refractivity contribution is 5.90. The quantitative estimate of drug-likeness (QED) is 0.0220. The average molecular weight is 757 g/mol. The van der Waals surface area contributed by atoms with E-state index in [0.717, 1.165) is 44.4 Å². The summed E-state index contributed by atoms with van der Waals surface area (Å²) in [5.41, 5.74) is 0. The Morgan fingerprint density at radius 3 is 1.50 bits per heavy atom. The van der Waals surface area contributed by atoms with Crippen molar-refractivity contribution in [2.75, 3.05) is 13.2 Å². The number of aliphatic hydroxyl groups excluding tert-OH is 1. The largest absolute Gasteiger partial charge is 0.463 e. The van der Waals surface area contributed by atoms with Gasteiger partial charge in [-0.25, -0.2) is 0 Å². The van der Waals surface area contributed by atoms with Crippen LogP contribution in [0.25, 0.3) is 0 Å². The Morgan fingerprint density at radius 2 is 0.981 bits per heavy atom. The van der Waals surface area contributed by atoms with E-state index in [2.05, 4.69) is 45.1 Å². The van der Waals surface area contributed by atoms with E-state index in [0.29, 0.717) is 12.8 Å². The molecule has 0 saturated carbocycles. The van der Waals surface area contributed by atoms with Gasteiger partial charge in [0, 0.05) is 19.3 Å². The predicted molar refractivity (Wildman–Crippen MR) is 229 cm³/mol. The summed E-state index contributed by atoms with van der Waals surface area (Å²) in [5, 5.41) is 10.0.